The monoisotopic (exact) mass is 728 g/mol. The highest BCUT2D eigenvalue weighted by atomic mass is 16.3. The van der Waals surface area contributed by atoms with E-state index >= 15 is 0 Å². The van der Waals surface area contributed by atoms with Crippen LogP contribution in [0.4, 0.5) is 17.1 Å². The summed E-state index contributed by atoms with van der Waals surface area (Å²) >= 11 is 0. The number of aromatic nitrogens is 1. The van der Waals surface area contributed by atoms with Crippen LogP contribution in [0.15, 0.2) is 223 Å². The first-order chi connectivity index (χ1) is 28.3. The molecule has 11 rings (SSSR count). The van der Waals surface area contributed by atoms with Gasteiger partial charge in [-0.3, -0.25) is 0 Å². The van der Waals surface area contributed by atoms with Gasteiger partial charge in [0.15, 0.2) is 5.58 Å². The van der Waals surface area contributed by atoms with Gasteiger partial charge in [-0.15, -0.1) is 0 Å². The van der Waals surface area contributed by atoms with Crippen molar-refractivity contribution in [3.05, 3.63) is 218 Å². The number of hydrogen-bond donors (Lipinski definition) is 0. The molecule has 0 aliphatic heterocycles. The predicted molar refractivity (Wildman–Crippen MR) is 239 cm³/mol. The number of rotatable bonds is 7. The number of furan rings is 1. The normalized spacial score (nSPS) is 11.5. The molecule has 0 bridgehead atoms. The number of nitrogens with zero attached hydrogens (tertiary/aromatic N) is 2. The first-order valence-corrected chi connectivity index (χ1v) is 19.4. The number of para-hydroxylation sites is 4. The third-order valence-corrected chi connectivity index (χ3v) is 11.2. The molecule has 0 fully saturated rings. The van der Waals surface area contributed by atoms with Gasteiger partial charge in [0.25, 0.3) is 0 Å². The fraction of sp³-hybridized carbons (Fsp3) is 0. The van der Waals surface area contributed by atoms with Crippen molar-refractivity contribution in [3.8, 4) is 39.1 Å². The summed E-state index contributed by atoms with van der Waals surface area (Å²) in [6, 6.07) is 78.0. The van der Waals surface area contributed by atoms with Crippen molar-refractivity contribution in [1.82, 2.24) is 4.57 Å². The van der Waals surface area contributed by atoms with E-state index in [1.165, 1.54) is 44.2 Å². The summed E-state index contributed by atoms with van der Waals surface area (Å²) in [5.74, 6) is 0. The Balaban J connectivity index is 0.955. The van der Waals surface area contributed by atoms with Crippen LogP contribution in [0.3, 0.4) is 0 Å². The Hall–Kier alpha value is -7.62. The number of hydrogen-bond acceptors (Lipinski definition) is 2. The second-order valence-electron chi connectivity index (χ2n) is 14.5. The molecule has 2 heterocycles. The van der Waals surface area contributed by atoms with Gasteiger partial charge in [0.2, 0.25) is 0 Å². The van der Waals surface area contributed by atoms with Gasteiger partial charge in [-0.25, -0.2) is 0 Å². The zero-order chi connectivity index (χ0) is 37.7. The Bertz CT molecular complexity index is 3210. The molecule has 268 valence electrons. The fourth-order valence-electron chi connectivity index (χ4n) is 8.46. The Morgan fingerprint density at radius 2 is 0.807 bits per heavy atom. The molecule has 0 spiro atoms. The maximum Gasteiger partial charge on any atom is 0.159 e. The van der Waals surface area contributed by atoms with Crippen molar-refractivity contribution in [2.75, 3.05) is 4.90 Å². The summed E-state index contributed by atoms with van der Waals surface area (Å²) in [5.41, 5.74) is 15.6. The highest BCUT2D eigenvalue weighted by molar-refractivity contribution is 6.13. The van der Waals surface area contributed by atoms with Gasteiger partial charge < -0.3 is 13.9 Å². The van der Waals surface area contributed by atoms with Gasteiger partial charge in [0.05, 0.1) is 16.7 Å². The van der Waals surface area contributed by atoms with Gasteiger partial charge >= 0.3 is 0 Å². The molecule has 0 aliphatic rings. The molecule has 0 unspecified atom stereocenters. The lowest BCUT2D eigenvalue weighted by Crippen LogP contribution is -2.09. The highest BCUT2D eigenvalue weighted by Gasteiger charge is 2.19. The average Bonchev–Trinajstić information content (AvgIpc) is 3.83. The smallest absolute Gasteiger partial charge is 0.159 e. The van der Waals surface area contributed by atoms with Crippen molar-refractivity contribution in [3.63, 3.8) is 0 Å². The standard InChI is InChI=1S/C54H36N2O/c1-3-13-37(14-4-1)40-15-11-16-41(35-40)38-25-30-44(31-26-38)55(43-17-5-2-6-18-43)45-32-27-39(28-33-45)42-29-34-51-49(36-42)46-19-7-9-22-50(46)56(51)52-23-12-21-48-47-20-8-10-24-53(47)57-54(48)52/h1-36H. The highest BCUT2D eigenvalue weighted by Crippen LogP contribution is 2.41. The van der Waals surface area contributed by atoms with E-state index < -0.39 is 0 Å². The molecular formula is C54H36N2O. The van der Waals surface area contributed by atoms with Crippen LogP contribution >= 0.6 is 0 Å². The van der Waals surface area contributed by atoms with Crippen molar-refractivity contribution >= 4 is 60.8 Å². The lowest BCUT2D eigenvalue weighted by molar-refractivity contribution is 0.666. The Morgan fingerprint density at radius 3 is 1.53 bits per heavy atom. The van der Waals surface area contributed by atoms with E-state index in [9.17, 15) is 0 Å². The average molecular weight is 729 g/mol. The molecule has 3 heteroatoms. The van der Waals surface area contributed by atoms with Gasteiger partial charge in [-0.2, -0.15) is 0 Å². The summed E-state index contributed by atoms with van der Waals surface area (Å²) < 4.78 is 8.87. The second-order valence-corrected chi connectivity index (χ2v) is 14.5. The van der Waals surface area contributed by atoms with Crippen LogP contribution in [0.25, 0.3) is 82.8 Å². The molecule has 0 aliphatic carbocycles. The Kier molecular flexibility index (Phi) is 7.82. The lowest BCUT2D eigenvalue weighted by Gasteiger charge is -2.26. The van der Waals surface area contributed by atoms with Crippen molar-refractivity contribution in [2.24, 2.45) is 0 Å². The fourth-order valence-corrected chi connectivity index (χ4v) is 8.46. The largest absolute Gasteiger partial charge is 0.454 e. The molecule has 0 radical (unpaired) electrons. The molecule has 0 atom stereocenters. The maximum atomic E-state index is 6.51. The van der Waals surface area contributed by atoms with Crippen molar-refractivity contribution in [2.45, 2.75) is 0 Å². The molecule has 57 heavy (non-hydrogen) atoms. The lowest BCUT2D eigenvalue weighted by atomic mass is 9.99. The van der Waals surface area contributed by atoms with E-state index in [1.807, 2.05) is 12.1 Å². The molecule has 11 aromatic rings. The zero-order valence-electron chi connectivity index (χ0n) is 31.1. The van der Waals surface area contributed by atoms with Gasteiger partial charge in [0, 0.05) is 38.6 Å². The van der Waals surface area contributed by atoms with Crippen LogP contribution in [-0.2, 0) is 0 Å². The van der Waals surface area contributed by atoms with E-state index in [-0.39, 0.29) is 0 Å². The quantitative estimate of drug-likeness (QED) is 0.163. The zero-order valence-corrected chi connectivity index (χ0v) is 31.1. The second kappa shape index (κ2) is 13.6. The summed E-state index contributed by atoms with van der Waals surface area (Å²) in [6.07, 6.45) is 0. The minimum Gasteiger partial charge on any atom is -0.454 e. The van der Waals surface area contributed by atoms with Crippen molar-refractivity contribution < 1.29 is 4.42 Å². The van der Waals surface area contributed by atoms with Gasteiger partial charge in [0.1, 0.15) is 5.58 Å². The topological polar surface area (TPSA) is 21.3 Å². The Morgan fingerprint density at radius 1 is 0.316 bits per heavy atom. The molecule has 9 aromatic carbocycles. The van der Waals surface area contributed by atoms with Crippen LogP contribution in [0, 0.1) is 0 Å². The molecule has 0 N–H and O–H groups in total. The first-order valence-electron chi connectivity index (χ1n) is 19.4. The van der Waals surface area contributed by atoms with E-state index in [0.29, 0.717) is 0 Å². The van der Waals surface area contributed by atoms with E-state index in [0.717, 1.165) is 55.7 Å². The summed E-state index contributed by atoms with van der Waals surface area (Å²) in [6.45, 7) is 0. The van der Waals surface area contributed by atoms with E-state index in [2.05, 4.69) is 216 Å². The minimum absolute atomic E-state index is 0.899. The predicted octanol–water partition coefficient (Wildman–Crippen LogP) is 15.2. The van der Waals surface area contributed by atoms with Crippen LogP contribution in [0.2, 0.25) is 0 Å². The summed E-state index contributed by atoms with van der Waals surface area (Å²) in [4.78, 5) is 2.32. The van der Waals surface area contributed by atoms with E-state index in [4.69, 9.17) is 4.42 Å². The molecule has 0 saturated carbocycles. The van der Waals surface area contributed by atoms with Crippen LogP contribution in [0.1, 0.15) is 0 Å². The van der Waals surface area contributed by atoms with E-state index in [1.54, 1.807) is 0 Å². The molecule has 0 saturated heterocycles. The van der Waals surface area contributed by atoms with Gasteiger partial charge in [-0.05, 0) is 106 Å². The third kappa shape index (κ3) is 5.68. The molecular weight excluding hydrogens is 693 g/mol. The first kappa shape index (κ1) is 32.8. The molecule has 3 nitrogen and oxygen atoms in total. The number of benzene rings is 9. The SMILES string of the molecule is c1ccc(-c2cccc(-c3ccc(N(c4ccccc4)c4ccc(-c5ccc6c(c5)c5ccccc5n6-c5cccc6c5oc5ccccc56)cc4)cc3)c2)cc1. The minimum atomic E-state index is 0.899. The maximum absolute atomic E-state index is 6.51. The summed E-state index contributed by atoms with van der Waals surface area (Å²) in [7, 11) is 0. The van der Waals surface area contributed by atoms with Crippen LogP contribution in [0.5, 0.6) is 0 Å². The van der Waals surface area contributed by atoms with Gasteiger partial charge in [-0.1, -0.05) is 146 Å². The van der Waals surface area contributed by atoms with Crippen LogP contribution < -0.4 is 4.90 Å². The Labute approximate surface area is 330 Å². The number of fused-ring (bicyclic) bond motifs is 6. The van der Waals surface area contributed by atoms with Crippen LogP contribution in [-0.4, -0.2) is 4.57 Å². The van der Waals surface area contributed by atoms with Crippen molar-refractivity contribution in [1.29, 1.82) is 0 Å². The molecule has 0 amide bonds. The molecule has 2 aromatic heterocycles. The summed E-state index contributed by atoms with van der Waals surface area (Å²) in [5, 5.41) is 4.68. The number of anilines is 3. The third-order valence-electron chi connectivity index (χ3n) is 11.2.